The van der Waals surface area contributed by atoms with E-state index in [4.69, 9.17) is 14.2 Å². The molecule has 0 aliphatic rings. The van der Waals surface area contributed by atoms with Crippen molar-refractivity contribution in [1.29, 1.82) is 0 Å². The number of aromatic nitrogens is 1. The maximum Gasteiger partial charge on any atom is 0.224 e. The highest BCUT2D eigenvalue weighted by Gasteiger charge is 2.09. The molecule has 1 heterocycles. The first kappa shape index (κ1) is 31.0. The number of ether oxygens (including phenoxy) is 3. The van der Waals surface area contributed by atoms with E-state index < -0.39 is 0 Å². The van der Waals surface area contributed by atoms with Gasteiger partial charge in [0.15, 0.2) is 12.7 Å². The van der Waals surface area contributed by atoms with Gasteiger partial charge in [0.05, 0.1) is 25.2 Å². The SMILES string of the molecule is CCCCCCCCCCCCCCCCOCC(COCc1cccc(C[n+]2ccsc2)c1)OC. The number of nitrogens with zero attached hydrogens (tertiary/aromatic N) is 1. The van der Waals surface area contributed by atoms with Gasteiger partial charge in [0.2, 0.25) is 5.51 Å². The van der Waals surface area contributed by atoms with E-state index in [2.05, 4.69) is 52.8 Å². The minimum atomic E-state index is -0.0128. The molecule has 1 unspecified atom stereocenters. The van der Waals surface area contributed by atoms with Gasteiger partial charge in [0, 0.05) is 19.3 Å². The predicted molar refractivity (Wildman–Crippen MR) is 152 cm³/mol. The van der Waals surface area contributed by atoms with Crippen molar-refractivity contribution in [2.24, 2.45) is 0 Å². The van der Waals surface area contributed by atoms with Gasteiger partial charge >= 0.3 is 0 Å². The van der Waals surface area contributed by atoms with Crippen molar-refractivity contribution < 1.29 is 18.8 Å². The second-order valence-electron chi connectivity index (χ2n) is 10.1. The Morgan fingerprint density at radius 3 is 2.00 bits per heavy atom. The molecule has 204 valence electrons. The number of rotatable bonds is 24. The second kappa shape index (κ2) is 21.8. The Balaban J connectivity index is 1.39. The molecule has 0 aliphatic heterocycles. The normalized spacial score (nSPS) is 12.3. The molecule has 0 radical (unpaired) electrons. The Bertz CT molecular complexity index is 737. The van der Waals surface area contributed by atoms with Crippen LogP contribution in [-0.2, 0) is 27.4 Å². The van der Waals surface area contributed by atoms with Crippen LogP contribution in [0.5, 0.6) is 0 Å². The van der Waals surface area contributed by atoms with Crippen LogP contribution in [0.2, 0.25) is 0 Å². The molecule has 0 aliphatic carbocycles. The zero-order chi connectivity index (χ0) is 25.5. The lowest BCUT2D eigenvalue weighted by Gasteiger charge is -2.16. The summed E-state index contributed by atoms with van der Waals surface area (Å²) in [4.78, 5) is 0. The van der Waals surface area contributed by atoms with Crippen molar-refractivity contribution in [3.63, 3.8) is 0 Å². The Morgan fingerprint density at radius 2 is 1.39 bits per heavy atom. The van der Waals surface area contributed by atoms with Crippen molar-refractivity contribution in [2.75, 3.05) is 26.9 Å². The van der Waals surface area contributed by atoms with E-state index in [9.17, 15) is 0 Å². The highest BCUT2D eigenvalue weighted by Crippen LogP contribution is 2.13. The fourth-order valence-corrected chi connectivity index (χ4v) is 5.08. The van der Waals surface area contributed by atoms with Crippen molar-refractivity contribution >= 4 is 11.3 Å². The van der Waals surface area contributed by atoms with Crippen LogP contribution in [0.15, 0.2) is 41.4 Å². The van der Waals surface area contributed by atoms with Gasteiger partial charge in [-0.15, -0.1) is 0 Å². The third-order valence-electron chi connectivity index (χ3n) is 6.74. The summed E-state index contributed by atoms with van der Waals surface area (Å²) < 4.78 is 19.5. The number of benzene rings is 1. The average molecular weight is 519 g/mol. The molecule has 0 fully saturated rings. The minimum absolute atomic E-state index is 0.0128. The molecule has 1 atom stereocenters. The van der Waals surface area contributed by atoms with Crippen molar-refractivity contribution in [2.45, 2.75) is 116 Å². The van der Waals surface area contributed by atoms with E-state index in [0.717, 1.165) is 19.6 Å². The molecule has 1 aromatic carbocycles. The molecule has 0 saturated carbocycles. The van der Waals surface area contributed by atoms with Crippen LogP contribution in [0.3, 0.4) is 0 Å². The van der Waals surface area contributed by atoms with Gasteiger partial charge in [-0.1, -0.05) is 120 Å². The summed E-state index contributed by atoms with van der Waals surface area (Å²) in [5.74, 6) is 0. The average Bonchev–Trinajstić information content (AvgIpc) is 3.40. The third kappa shape index (κ3) is 15.8. The fraction of sp³-hybridized carbons (Fsp3) is 0.710. The van der Waals surface area contributed by atoms with Crippen molar-refractivity contribution in [1.82, 2.24) is 0 Å². The molecule has 0 spiro atoms. The van der Waals surface area contributed by atoms with Crippen LogP contribution < -0.4 is 4.57 Å². The van der Waals surface area contributed by atoms with Crippen LogP contribution in [0, 0.1) is 0 Å². The smallest absolute Gasteiger partial charge is 0.224 e. The van der Waals surface area contributed by atoms with Crippen LogP contribution in [0.1, 0.15) is 108 Å². The molecule has 0 amide bonds. The molecule has 5 heteroatoms. The first-order valence-electron chi connectivity index (χ1n) is 14.5. The molecule has 2 aromatic rings. The number of hydrogen-bond donors (Lipinski definition) is 0. The summed E-state index contributed by atoms with van der Waals surface area (Å²) in [6.45, 7) is 5.75. The zero-order valence-corrected chi connectivity index (χ0v) is 24.0. The van der Waals surface area contributed by atoms with Crippen LogP contribution in [0.25, 0.3) is 0 Å². The maximum absolute atomic E-state index is 5.93. The molecule has 1 aromatic heterocycles. The Labute approximate surface area is 225 Å². The Morgan fingerprint density at radius 1 is 0.778 bits per heavy atom. The Kier molecular flexibility index (Phi) is 18.7. The molecule has 0 bridgehead atoms. The molecule has 2 rings (SSSR count). The lowest BCUT2D eigenvalue weighted by molar-refractivity contribution is -0.683. The van der Waals surface area contributed by atoms with Crippen LogP contribution in [0.4, 0.5) is 0 Å². The number of thiazole rings is 1. The molecular weight excluding hydrogens is 466 g/mol. The summed E-state index contributed by atoms with van der Waals surface area (Å²) in [5.41, 5.74) is 4.62. The van der Waals surface area contributed by atoms with E-state index in [1.807, 2.05) is 0 Å². The summed E-state index contributed by atoms with van der Waals surface area (Å²) in [6.07, 6.45) is 21.4. The molecule has 0 N–H and O–H groups in total. The second-order valence-corrected chi connectivity index (χ2v) is 10.8. The van der Waals surface area contributed by atoms with Crippen LogP contribution in [-0.4, -0.2) is 33.0 Å². The predicted octanol–water partition coefficient (Wildman–Crippen LogP) is 8.11. The molecular formula is C31H52NO3S+. The first-order valence-corrected chi connectivity index (χ1v) is 15.4. The standard InChI is InChI=1S/C31H52NO3S/c1-3-4-5-6-7-8-9-10-11-12-13-14-15-16-21-34-26-31(33-2)27-35-25-30-19-17-18-29(23-30)24-32-20-22-36-28-32/h17-20,22-23,28,31H,3-16,21,24-27H2,1-2H3/q+1. The van der Waals surface area contributed by atoms with E-state index in [1.165, 1.54) is 94.6 Å². The van der Waals surface area contributed by atoms with E-state index in [1.54, 1.807) is 18.4 Å². The minimum Gasteiger partial charge on any atom is -0.379 e. The van der Waals surface area contributed by atoms with Gasteiger partial charge in [0.25, 0.3) is 0 Å². The van der Waals surface area contributed by atoms with Gasteiger partial charge in [-0.2, -0.15) is 4.57 Å². The highest BCUT2D eigenvalue weighted by molar-refractivity contribution is 7.07. The van der Waals surface area contributed by atoms with Gasteiger partial charge in [-0.25, -0.2) is 0 Å². The largest absolute Gasteiger partial charge is 0.379 e. The van der Waals surface area contributed by atoms with E-state index >= 15 is 0 Å². The summed E-state index contributed by atoms with van der Waals surface area (Å²) in [7, 11) is 1.74. The summed E-state index contributed by atoms with van der Waals surface area (Å²) in [5, 5.41) is 2.10. The monoisotopic (exact) mass is 518 g/mol. The topological polar surface area (TPSA) is 31.6 Å². The van der Waals surface area contributed by atoms with Crippen LogP contribution >= 0.6 is 11.3 Å². The fourth-order valence-electron chi connectivity index (χ4n) is 4.49. The van der Waals surface area contributed by atoms with Gasteiger partial charge < -0.3 is 14.2 Å². The highest BCUT2D eigenvalue weighted by atomic mass is 32.1. The maximum atomic E-state index is 5.93. The van der Waals surface area contributed by atoms with Gasteiger partial charge in [0.1, 0.15) is 6.10 Å². The Hall–Kier alpha value is -1.27. The zero-order valence-electron chi connectivity index (χ0n) is 23.1. The third-order valence-corrected chi connectivity index (χ3v) is 7.41. The number of hydrogen-bond acceptors (Lipinski definition) is 4. The molecule has 36 heavy (non-hydrogen) atoms. The lowest BCUT2D eigenvalue weighted by atomic mass is 10.0. The first-order chi connectivity index (χ1) is 17.8. The van der Waals surface area contributed by atoms with Crippen molar-refractivity contribution in [3.05, 3.63) is 52.5 Å². The number of unbranched alkanes of at least 4 members (excludes halogenated alkanes) is 13. The van der Waals surface area contributed by atoms with Crippen molar-refractivity contribution in [3.8, 4) is 0 Å². The summed E-state index contributed by atoms with van der Waals surface area (Å²) in [6, 6.07) is 8.61. The van der Waals surface area contributed by atoms with E-state index in [0.29, 0.717) is 19.8 Å². The van der Waals surface area contributed by atoms with Gasteiger partial charge in [-0.05, 0) is 18.1 Å². The lowest BCUT2D eigenvalue weighted by Crippen LogP contribution is -2.30. The van der Waals surface area contributed by atoms with E-state index in [-0.39, 0.29) is 6.10 Å². The quantitative estimate of drug-likeness (QED) is 0.104. The number of methoxy groups -OCH3 is 1. The molecule has 0 saturated heterocycles. The van der Waals surface area contributed by atoms with Gasteiger partial charge in [-0.3, -0.25) is 0 Å². The molecule has 4 nitrogen and oxygen atoms in total. The summed E-state index contributed by atoms with van der Waals surface area (Å²) >= 11 is 1.71.